The van der Waals surface area contributed by atoms with Gasteiger partial charge >= 0.3 is 0 Å². The zero-order chi connectivity index (χ0) is 12.7. The number of rotatable bonds is 5. The predicted molar refractivity (Wildman–Crippen MR) is 77.1 cm³/mol. The molecule has 0 aromatic carbocycles. The van der Waals surface area contributed by atoms with Crippen LogP contribution in [0, 0.1) is 23.2 Å². The van der Waals surface area contributed by atoms with Crippen LogP contribution in [0.4, 0.5) is 0 Å². The Hall–Kier alpha value is -0.0800. The molecule has 3 aliphatic carbocycles. The quantitative estimate of drug-likeness (QED) is 0.821. The third-order valence-corrected chi connectivity index (χ3v) is 6.48. The Morgan fingerprint density at radius 3 is 2.47 bits per heavy atom. The van der Waals surface area contributed by atoms with Gasteiger partial charge in [0, 0.05) is 25.8 Å². The topological polar surface area (TPSA) is 21.3 Å². The molecule has 3 saturated carbocycles. The maximum atomic E-state index is 5.65. The van der Waals surface area contributed by atoms with Crippen molar-refractivity contribution < 1.29 is 4.74 Å². The van der Waals surface area contributed by atoms with E-state index in [2.05, 4.69) is 5.32 Å². The van der Waals surface area contributed by atoms with Crippen molar-refractivity contribution in [1.29, 1.82) is 0 Å². The Bertz CT molecular complexity index is 319. The van der Waals surface area contributed by atoms with E-state index in [4.69, 9.17) is 4.74 Å². The Labute approximate surface area is 117 Å². The number of ether oxygens (including phenoxy) is 1. The molecule has 0 amide bonds. The molecule has 2 bridgehead atoms. The number of hydrogen-bond donors (Lipinski definition) is 1. The van der Waals surface area contributed by atoms with Crippen molar-refractivity contribution in [2.24, 2.45) is 23.2 Å². The summed E-state index contributed by atoms with van der Waals surface area (Å²) in [7, 11) is 0. The second-order valence-corrected chi connectivity index (χ2v) is 7.91. The molecule has 1 heterocycles. The number of nitrogens with one attached hydrogen (secondary N) is 1. The van der Waals surface area contributed by atoms with Gasteiger partial charge in [-0.05, 0) is 74.5 Å². The first-order chi connectivity index (χ1) is 9.33. The average molecular weight is 263 g/mol. The molecule has 4 fully saturated rings. The minimum absolute atomic E-state index is 0.579. The zero-order valence-corrected chi connectivity index (χ0v) is 12.2. The van der Waals surface area contributed by atoms with E-state index < -0.39 is 0 Å². The Morgan fingerprint density at radius 1 is 1.00 bits per heavy atom. The molecular formula is C17H29NO. The van der Waals surface area contributed by atoms with Gasteiger partial charge in [0.05, 0.1) is 0 Å². The van der Waals surface area contributed by atoms with Crippen molar-refractivity contribution in [3.63, 3.8) is 0 Å². The molecule has 0 aromatic rings. The lowest BCUT2D eigenvalue weighted by Crippen LogP contribution is -2.41. The maximum absolute atomic E-state index is 5.65. The van der Waals surface area contributed by atoms with Gasteiger partial charge in [0.25, 0.3) is 0 Å². The molecule has 1 aliphatic heterocycles. The van der Waals surface area contributed by atoms with E-state index in [0.717, 1.165) is 37.0 Å². The standard InChI is InChI=1S/C17H29NO/c1-2-14-9-13(1)10-15(14)11-17(5-7-19-8-6-17)12-18-16-3-4-16/h13-16,18H,1-12H2. The molecule has 1 saturated heterocycles. The fraction of sp³-hybridized carbons (Fsp3) is 1.00. The van der Waals surface area contributed by atoms with Gasteiger partial charge in [0.1, 0.15) is 0 Å². The smallest absolute Gasteiger partial charge is 0.0471 e. The van der Waals surface area contributed by atoms with Crippen molar-refractivity contribution in [2.45, 2.75) is 63.8 Å². The molecule has 3 unspecified atom stereocenters. The predicted octanol–water partition coefficient (Wildman–Crippen LogP) is 3.36. The van der Waals surface area contributed by atoms with E-state index >= 15 is 0 Å². The highest BCUT2D eigenvalue weighted by Gasteiger charge is 2.44. The van der Waals surface area contributed by atoms with Crippen LogP contribution in [-0.2, 0) is 4.74 Å². The summed E-state index contributed by atoms with van der Waals surface area (Å²) >= 11 is 0. The van der Waals surface area contributed by atoms with Crippen molar-refractivity contribution >= 4 is 0 Å². The van der Waals surface area contributed by atoms with E-state index in [9.17, 15) is 0 Å². The Morgan fingerprint density at radius 2 is 1.84 bits per heavy atom. The normalized spacial score (nSPS) is 40.7. The highest BCUT2D eigenvalue weighted by Crippen LogP contribution is 2.53. The molecule has 2 heteroatoms. The van der Waals surface area contributed by atoms with E-state index in [-0.39, 0.29) is 0 Å². The second kappa shape index (κ2) is 5.04. The lowest BCUT2D eigenvalue weighted by atomic mass is 9.70. The Balaban J connectivity index is 1.40. The van der Waals surface area contributed by atoms with Gasteiger partial charge in [-0.2, -0.15) is 0 Å². The average Bonchev–Trinajstić information content (AvgIpc) is 3.05. The maximum Gasteiger partial charge on any atom is 0.0471 e. The van der Waals surface area contributed by atoms with E-state index in [0.29, 0.717) is 5.41 Å². The Kier molecular flexibility index (Phi) is 3.35. The lowest BCUT2D eigenvalue weighted by molar-refractivity contribution is -0.00267. The van der Waals surface area contributed by atoms with E-state index in [1.165, 1.54) is 51.5 Å². The summed E-state index contributed by atoms with van der Waals surface area (Å²) in [6, 6.07) is 0.861. The zero-order valence-electron chi connectivity index (χ0n) is 12.2. The molecule has 2 nitrogen and oxygen atoms in total. The fourth-order valence-corrected chi connectivity index (χ4v) is 5.09. The first-order valence-corrected chi connectivity index (χ1v) is 8.64. The summed E-state index contributed by atoms with van der Waals surface area (Å²) in [5.74, 6) is 3.24. The molecule has 0 spiro atoms. The van der Waals surface area contributed by atoms with Crippen LogP contribution >= 0.6 is 0 Å². The first kappa shape index (κ1) is 12.6. The molecular weight excluding hydrogens is 234 g/mol. The number of hydrogen-bond acceptors (Lipinski definition) is 2. The van der Waals surface area contributed by atoms with Gasteiger partial charge in [-0.3, -0.25) is 0 Å². The van der Waals surface area contributed by atoms with Crippen molar-refractivity contribution in [1.82, 2.24) is 5.32 Å². The molecule has 0 aromatic heterocycles. The molecule has 4 aliphatic rings. The van der Waals surface area contributed by atoms with Gasteiger partial charge in [0.2, 0.25) is 0 Å². The molecule has 4 rings (SSSR count). The highest BCUT2D eigenvalue weighted by molar-refractivity contribution is 4.96. The van der Waals surface area contributed by atoms with Crippen molar-refractivity contribution in [2.75, 3.05) is 19.8 Å². The third-order valence-electron chi connectivity index (χ3n) is 6.48. The van der Waals surface area contributed by atoms with Gasteiger partial charge in [-0.25, -0.2) is 0 Å². The van der Waals surface area contributed by atoms with Crippen LogP contribution < -0.4 is 5.32 Å². The van der Waals surface area contributed by atoms with Crippen molar-refractivity contribution in [3.05, 3.63) is 0 Å². The minimum Gasteiger partial charge on any atom is -0.381 e. The first-order valence-electron chi connectivity index (χ1n) is 8.64. The van der Waals surface area contributed by atoms with Crippen molar-refractivity contribution in [3.8, 4) is 0 Å². The highest BCUT2D eigenvalue weighted by atomic mass is 16.5. The molecule has 1 N–H and O–H groups in total. The summed E-state index contributed by atoms with van der Waals surface area (Å²) in [4.78, 5) is 0. The fourth-order valence-electron chi connectivity index (χ4n) is 5.09. The molecule has 19 heavy (non-hydrogen) atoms. The molecule has 3 atom stereocenters. The summed E-state index contributed by atoms with van der Waals surface area (Å²) in [6.45, 7) is 3.29. The summed E-state index contributed by atoms with van der Waals surface area (Å²) in [5, 5.41) is 3.83. The van der Waals surface area contributed by atoms with Crippen LogP contribution in [0.3, 0.4) is 0 Å². The van der Waals surface area contributed by atoms with Crippen LogP contribution in [-0.4, -0.2) is 25.8 Å². The lowest BCUT2D eigenvalue weighted by Gasteiger charge is -2.41. The summed E-state index contributed by atoms with van der Waals surface area (Å²) in [6.07, 6.45) is 13.1. The van der Waals surface area contributed by atoms with Gasteiger partial charge in [-0.1, -0.05) is 6.42 Å². The van der Waals surface area contributed by atoms with E-state index in [1.54, 1.807) is 12.8 Å². The van der Waals surface area contributed by atoms with Crippen LogP contribution in [0.1, 0.15) is 57.8 Å². The third kappa shape index (κ3) is 2.71. The van der Waals surface area contributed by atoms with Crippen LogP contribution in [0.5, 0.6) is 0 Å². The largest absolute Gasteiger partial charge is 0.381 e. The summed E-state index contributed by atoms with van der Waals surface area (Å²) in [5.41, 5.74) is 0.579. The van der Waals surface area contributed by atoms with Gasteiger partial charge in [-0.15, -0.1) is 0 Å². The number of fused-ring (bicyclic) bond motifs is 2. The monoisotopic (exact) mass is 263 g/mol. The van der Waals surface area contributed by atoms with Crippen LogP contribution in [0.15, 0.2) is 0 Å². The molecule has 0 radical (unpaired) electrons. The van der Waals surface area contributed by atoms with Gasteiger partial charge in [0.15, 0.2) is 0 Å². The van der Waals surface area contributed by atoms with E-state index in [1.807, 2.05) is 0 Å². The minimum atomic E-state index is 0.579. The van der Waals surface area contributed by atoms with Crippen LogP contribution in [0.2, 0.25) is 0 Å². The molecule has 108 valence electrons. The SMILES string of the molecule is C1CC(CNC2CC2)(CC2CC3CCC2C3)CCO1. The van der Waals surface area contributed by atoms with Gasteiger partial charge < -0.3 is 10.1 Å². The second-order valence-electron chi connectivity index (χ2n) is 7.91. The van der Waals surface area contributed by atoms with Crippen LogP contribution in [0.25, 0.3) is 0 Å². The summed E-state index contributed by atoms with van der Waals surface area (Å²) < 4.78 is 5.65.